The van der Waals surface area contributed by atoms with Crippen LogP contribution in [-0.4, -0.2) is 38.0 Å². The summed E-state index contributed by atoms with van der Waals surface area (Å²) < 4.78 is 57.5. The SMILES string of the molecule is O=C(O)C(NS(=O)(=O)C1CCOC1)c1ccc(F)cc1F. The first kappa shape index (κ1) is 15.8. The number of halogens is 2. The van der Waals surface area contributed by atoms with Gasteiger partial charge in [-0.25, -0.2) is 17.2 Å². The quantitative estimate of drug-likeness (QED) is 0.837. The number of rotatable bonds is 5. The van der Waals surface area contributed by atoms with Crippen molar-refractivity contribution in [3.05, 3.63) is 35.4 Å². The Morgan fingerprint density at radius 3 is 2.67 bits per heavy atom. The molecule has 1 aromatic carbocycles. The Bertz CT molecular complexity index is 643. The van der Waals surface area contributed by atoms with Gasteiger partial charge in [0.1, 0.15) is 22.9 Å². The van der Waals surface area contributed by atoms with Crippen LogP contribution in [0.5, 0.6) is 0 Å². The zero-order valence-electron chi connectivity index (χ0n) is 10.8. The van der Waals surface area contributed by atoms with E-state index in [0.29, 0.717) is 6.07 Å². The fourth-order valence-electron chi connectivity index (χ4n) is 2.00. The van der Waals surface area contributed by atoms with Crippen molar-refractivity contribution in [3.63, 3.8) is 0 Å². The normalized spacial score (nSPS) is 20.4. The molecule has 0 radical (unpaired) electrons. The summed E-state index contributed by atoms with van der Waals surface area (Å²) in [5, 5.41) is 8.22. The van der Waals surface area contributed by atoms with E-state index in [2.05, 4.69) is 0 Å². The van der Waals surface area contributed by atoms with E-state index < -0.39 is 44.5 Å². The maximum absolute atomic E-state index is 13.7. The van der Waals surface area contributed by atoms with Crippen molar-refractivity contribution < 1.29 is 31.8 Å². The van der Waals surface area contributed by atoms with Crippen LogP contribution in [0.4, 0.5) is 8.78 Å². The van der Waals surface area contributed by atoms with Crippen LogP contribution in [0.2, 0.25) is 0 Å². The number of hydrogen-bond acceptors (Lipinski definition) is 4. The van der Waals surface area contributed by atoms with E-state index in [-0.39, 0.29) is 19.6 Å². The Hall–Kier alpha value is -1.58. The molecule has 1 heterocycles. The lowest BCUT2D eigenvalue weighted by atomic mass is 10.1. The first-order valence-corrected chi connectivity index (χ1v) is 7.62. The summed E-state index contributed by atoms with van der Waals surface area (Å²) in [6, 6.07) is 0.438. The van der Waals surface area contributed by atoms with E-state index in [1.165, 1.54) is 0 Å². The fourth-order valence-corrected chi connectivity index (χ4v) is 3.43. The Morgan fingerprint density at radius 1 is 1.43 bits per heavy atom. The van der Waals surface area contributed by atoms with E-state index in [0.717, 1.165) is 12.1 Å². The van der Waals surface area contributed by atoms with E-state index in [4.69, 9.17) is 9.84 Å². The van der Waals surface area contributed by atoms with Crippen molar-refractivity contribution in [3.8, 4) is 0 Å². The van der Waals surface area contributed by atoms with Crippen LogP contribution in [0.1, 0.15) is 18.0 Å². The number of hydrogen-bond donors (Lipinski definition) is 2. The van der Waals surface area contributed by atoms with Gasteiger partial charge in [0.2, 0.25) is 10.0 Å². The minimum absolute atomic E-state index is 0.0480. The number of carboxylic acids is 1. The molecule has 2 N–H and O–H groups in total. The molecule has 6 nitrogen and oxygen atoms in total. The Morgan fingerprint density at radius 2 is 2.14 bits per heavy atom. The molecule has 21 heavy (non-hydrogen) atoms. The number of ether oxygens (including phenoxy) is 1. The standard InChI is InChI=1S/C12H13F2NO5S/c13-7-1-2-9(10(14)5-7)11(12(16)17)15-21(18,19)8-3-4-20-6-8/h1-2,5,8,11,15H,3-4,6H2,(H,16,17). The molecule has 1 fully saturated rings. The predicted octanol–water partition coefficient (Wildman–Crippen LogP) is 0.799. The van der Waals surface area contributed by atoms with Gasteiger partial charge in [-0.15, -0.1) is 0 Å². The minimum atomic E-state index is -4.00. The highest BCUT2D eigenvalue weighted by Crippen LogP contribution is 2.22. The summed E-state index contributed by atoms with van der Waals surface area (Å²) in [6.07, 6.45) is 0.230. The van der Waals surface area contributed by atoms with E-state index in [9.17, 15) is 22.0 Å². The first-order valence-electron chi connectivity index (χ1n) is 6.08. The van der Waals surface area contributed by atoms with Crippen molar-refractivity contribution in [2.75, 3.05) is 13.2 Å². The zero-order valence-corrected chi connectivity index (χ0v) is 11.6. The van der Waals surface area contributed by atoms with Crippen molar-refractivity contribution >= 4 is 16.0 Å². The molecule has 0 aromatic heterocycles. The van der Waals surface area contributed by atoms with Crippen LogP contribution in [0.3, 0.4) is 0 Å². The van der Waals surface area contributed by atoms with Crippen molar-refractivity contribution in [1.29, 1.82) is 0 Å². The number of benzene rings is 1. The number of carbonyl (C=O) groups is 1. The summed E-state index contributed by atoms with van der Waals surface area (Å²) in [7, 11) is -4.00. The molecular formula is C12H13F2NO5S. The molecule has 2 rings (SSSR count). The summed E-state index contributed by atoms with van der Waals surface area (Å²) in [5.41, 5.74) is -0.452. The Kier molecular flexibility index (Phi) is 4.55. The molecule has 2 unspecified atom stereocenters. The monoisotopic (exact) mass is 321 g/mol. The number of carboxylic acid groups (broad SMARTS) is 1. The highest BCUT2D eigenvalue weighted by molar-refractivity contribution is 7.90. The van der Waals surface area contributed by atoms with Gasteiger partial charge in [0, 0.05) is 18.2 Å². The topological polar surface area (TPSA) is 92.7 Å². The molecule has 116 valence electrons. The van der Waals surface area contributed by atoms with E-state index in [1.807, 2.05) is 4.72 Å². The molecule has 1 aliphatic rings. The molecular weight excluding hydrogens is 308 g/mol. The van der Waals surface area contributed by atoms with Gasteiger partial charge in [-0.05, 0) is 12.5 Å². The van der Waals surface area contributed by atoms with Crippen LogP contribution in [0, 0.1) is 11.6 Å². The average Bonchev–Trinajstić information content (AvgIpc) is 2.91. The van der Waals surface area contributed by atoms with Crippen molar-refractivity contribution in [1.82, 2.24) is 4.72 Å². The average molecular weight is 321 g/mol. The molecule has 1 aliphatic heterocycles. The van der Waals surface area contributed by atoms with E-state index in [1.54, 1.807) is 0 Å². The highest BCUT2D eigenvalue weighted by atomic mass is 32.2. The molecule has 9 heteroatoms. The van der Waals surface area contributed by atoms with Gasteiger partial charge in [0.25, 0.3) is 0 Å². The second-order valence-electron chi connectivity index (χ2n) is 4.59. The fraction of sp³-hybridized carbons (Fsp3) is 0.417. The van der Waals surface area contributed by atoms with Crippen LogP contribution >= 0.6 is 0 Å². The molecule has 0 spiro atoms. The van der Waals surface area contributed by atoms with Crippen molar-refractivity contribution in [2.24, 2.45) is 0 Å². The van der Waals surface area contributed by atoms with Crippen LogP contribution < -0.4 is 4.72 Å². The number of nitrogens with one attached hydrogen (secondary N) is 1. The van der Waals surface area contributed by atoms with Gasteiger partial charge < -0.3 is 9.84 Å². The Balaban J connectivity index is 2.29. The highest BCUT2D eigenvalue weighted by Gasteiger charge is 2.35. The third-order valence-electron chi connectivity index (χ3n) is 3.13. The lowest BCUT2D eigenvalue weighted by molar-refractivity contribution is -0.139. The molecule has 1 aromatic rings. The summed E-state index contributed by atoms with van der Waals surface area (Å²) in [6.45, 7) is 0.210. The number of sulfonamides is 1. The largest absolute Gasteiger partial charge is 0.480 e. The van der Waals surface area contributed by atoms with Crippen LogP contribution in [0.25, 0.3) is 0 Å². The summed E-state index contributed by atoms with van der Waals surface area (Å²) >= 11 is 0. The summed E-state index contributed by atoms with van der Waals surface area (Å²) in [5.74, 6) is -3.59. The maximum atomic E-state index is 13.7. The van der Waals surface area contributed by atoms with Crippen LogP contribution in [0.15, 0.2) is 18.2 Å². The van der Waals surface area contributed by atoms with Crippen molar-refractivity contribution in [2.45, 2.75) is 17.7 Å². The molecule has 0 aliphatic carbocycles. The van der Waals surface area contributed by atoms with Crippen LogP contribution in [-0.2, 0) is 19.6 Å². The third kappa shape index (κ3) is 3.55. The van der Waals surface area contributed by atoms with Gasteiger partial charge in [-0.3, -0.25) is 4.79 Å². The van der Waals surface area contributed by atoms with Gasteiger partial charge >= 0.3 is 5.97 Å². The van der Waals surface area contributed by atoms with Gasteiger partial charge in [0.05, 0.1) is 6.61 Å². The second kappa shape index (κ2) is 6.04. The van der Waals surface area contributed by atoms with Gasteiger partial charge in [-0.2, -0.15) is 4.72 Å². The number of aliphatic carboxylic acids is 1. The molecule has 2 atom stereocenters. The minimum Gasteiger partial charge on any atom is -0.480 e. The lowest BCUT2D eigenvalue weighted by Crippen LogP contribution is -2.40. The smallest absolute Gasteiger partial charge is 0.326 e. The van der Waals surface area contributed by atoms with Gasteiger partial charge in [0.15, 0.2) is 0 Å². The summed E-state index contributed by atoms with van der Waals surface area (Å²) in [4.78, 5) is 11.2. The maximum Gasteiger partial charge on any atom is 0.326 e. The molecule has 0 bridgehead atoms. The molecule has 0 amide bonds. The first-order chi connectivity index (χ1) is 9.81. The zero-order chi connectivity index (χ0) is 15.6. The second-order valence-corrected chi connectivity index (χ2v) is 6.58. The molecule has 0 saturated carbocycles. The molecule has 1 saturated heterocycles. The lowest BCUT2D eigenvalue weighted by Gasteiger charge is -2.18. The Labute approximate surface area is 119 Å². The third-order valence-corrected chi connectivity index (χ3v) is 4.94. The predicted molar refractivity (Wildman–Crippen MR) is 68.0 cm³/mol. The van der Waals surface area contributed by atoms with Gasteiger partial charge in [-0.1, -0.05) is 6.07 Å². The van der Waals surface area contributed by atoms with E-state index >= 15 is 0 Å².